The van der Waals surface area contributed by atoms with Crippen LogP contribution in [0.4, 0.5) is 4.39 Å². The number of carbonyl (C=O) groups excluding carboxylic acids is 1. The molecule has 0 aliphatic rings. The summed E-state index contributed by atoms with van der Waals surface area (Å²) in [7, 11) is 0. The van der Waals surface area contributed by atoms with Gasteiger partial charge in [0.15, 0.2) is 22.5 Å². The first-order valence-corrected chi connectivity index (χ1v) is 8.88. The van der Waals surface area contributed by atoms with Gasteiger partial charge in [-0.15, -0.1) is 16.8 Å². The van der Waals surface area contributed by atoms with Crippen LogP contribution in [0.25, 0.3) is 0 Å². The first-order chi connectivity index (χ1) is 11.8. The Labute approximate surface area is 151 Å². The number of ketones is 1. The normalized spacial score (nSPS) is 11.4. The second-order valence-electron chi connectivity index (χ2n) is 6.48. The van der Waals surface area contributed by atoms with Crippen molar-refractivity contribution in [1.82, 2.24) is 14.8 Å². The fourth-order valence-electron chi connectivity index (χ4n) is 1.90. The average Bonchev–Trinajstić information content (AvgIpc) is 2.93. The van der Waals surface area contributed by atoms with Crippen molar-refractivity contribution in [2.24, 2.45) is 5.41 Å². The molecule has 134 valence electrons. The molecule has 0 radical (unpaired) electrons. The highest BCUT2D eigenvalue weighted by molar-refractivity contribution is 7.99. The van der Waals surface area contributed by atoms with Gasteiger partial charge in [-0.3, -0.25) is 9.36 Å². The third kappa shape index (κ3) is 5.16. The van der Waals surface area contributed by atoms with E-state index in [1.165, 1.54) is 17.8 Å². The summed E-state index contributed by atoms with van der Waals surface area (Å²) in [6, 6.07) is 6.19. The Balaban J connectivity index is 2.09. The van der Waals surface area contributed by atoms with Gasteiger partial charge >= 0.3 is 0 Å². The number of carbonyl (C=O) groups is 1. The molecule has 0 aliphatic heterocycles. The highest BCUT2D eigenvalue weighted by Gasteiger charge is 2.22. The molecule has 0 atom stereocenters. The van der Waals surface area contributed by atoms with Crippen LogP contribution in [0, 0.1) is 11.2 Å². The number of aromatic nitrogens is 3. The SMILES string of the molecule is C=CCn1c(COc2ccccc2F)nnc1SCC(=O)C(C)(C)C. The molecule has 0 N–H and O–H groups in total. The van der Waals surface area contributed by atoms with E-state index in [4.69, 9.17) is 4.74 Å². The lowest BCUT2D eigenvalue weighted by molar-refractivity contribution is -0.123. The number of thioether (sulfide) groups is 1. The zero-order chi connectivity index (χ0) is 18.4. The minimum Gasteiger partial charge on any atom is -0.483 e. The number of ether oxygens (including phenoxy) is 1. The summed E-state index contributed by atoms with van der Waals surface area (Å²) in [5, 5.41) is 8.85. The van der Waals surface area contributed by atoms with E-state index in [2.05, 4.69) is 16.8 Å². The smallest absolute Gasteiger partial charge is 0.192 e. The van der Waals surface area contributed by atoms with Crippen molar-refractivity contribution in [3.05, 3.63) is 48.6 Å². The first kappa shape index (κ1) is 19.2. The zero-order valence-corrected chi connectivity index (χ0v) is 15.5. The van der Waals surface area contributed by atoms with Crippen molar-refractivity contribution in [3.63, 3.8) is 0 Å². The molecule has 5 nitrogen and oxygen atoms in total. The molecule has 0 fully saturated rings. The van der Waals surface area contributed by atoms with Crippen LogP contribution in [0.15, 0.2) is 42.1 Å². The lowest BCUT2D eigenvalue weighted by Crippen LogP contribution is -2.22. The molecule has 0 spiro atoms. The van der Waals surface area contributed by atoms with Crippen LogP contribution in [0.1, 0.15) is 26.6 Å². The predicted octanol–water partition coefficient (Wildman–Crippen LogP) is 3.89. The fraction of sp³-hybridized carbons (Fsp3) is 0.389. The average molecular weight is 363 g/mol. The van der Waals surface area contributed by atoms with Crippen LogP contribution in [0.5, 0.6) is 5.75 Å². The molecule has 0 saturated heterocycles. The van der Waals surface area contributed by atoms with Crippen LogP contribution >= 0.6 is 11.8 Å². The van der Waals surface area contributed by atoms with Gasteiger partial charge in [-0.05, 0) is 12.1 Å². The number of hydrogen-bond donors (Lipinski definition) is 0. The number of allylic oxidation sites excluding steroid dienone is 1. The predicted molar refractivity (Wildman–Crippen MR) is 96.1 cm³/mol. The summed E-state index contributed by atoms with van der Waals surface area (Å²) >= 11 is 1.33. The maximum atomic E-state index is 13.6. The summed E-state index contributed by atoms with van der Waals surface area (Å²) < 4.78 is 21.0. The molecular weight excluding hydrogens is 341 g/mol. The van der Waals surface area contributed by atoms with E-state index in [-0.39, 0.29) is 18.1 Å². The molecule has 1 aromatic carbocycles. The highest BCUT2D eigenvalue weighted by atomic mass is 32.2. The Kier molecular flexibility index (Phi) is 6.36. The summed E-state index contributed by atoms with van der Waals surface area (Å²) in [5.74, 6) is 0.728. The quantitative estimate of drug-likeness (QED) is 0.526. The van der Waals surface area contributed by atoms with E-state index < -0.39 is 11.2 Å². The molecule has 2 aromatic rings. The molecule has 0 unspecified atom stereocenters. The van der Waals surface area contributed by atoms with E-state index in [1.807, 2.05) is 25.3 Å². The van der Waals surface area contributed by atoms with Gasteiger partial charge in [0.05, 0.1) is 5.75 Å². The van der Waals surface area contributed by atoms with Gasteiger partial charge in [-0.2, -0.15) is 0 Å². The second-order valence-corrected chi connectivity index (χ2v) is 7.42. The number of nitrogens with zero attached hydrogens (tertiary/aromatic N) is 3. The third-order valence-corrected chi connectivity index (χ3v) is 4.43. The van der Waals surface area contributed by atoms with E-state index in [1.54, 1.807) is 24.3 Å². The van der Waals surface area contributed by atoms with Crippen LogP contribution in [0.3, 0.4) is 0 Å². The summed E-state index contributed by atoms with van der Waals surface area (Å²) in [5.41, 5.74) is -0.396. The maximum absolute atomic E-state index is 13.6. The van der Waals surface area contributed by atoms with Crippen molar-refractivity contribution in [1.29, 1.82) is 0 Å². The van der Waals surface area contributed by atoms with Crippen LogP contribution in [-0.2, 0) is 17.9 Å². The maximum Gasteiger partial charge on any atom is 0.192 e. The van der Waals surface area contributed by atoms with Gasteiger partial charge in [-0.1, -0.05) is 50.7 Å². The van der Waals surface area contributed by atoms with Crippen molar-refractivity contribution < 1.29 is 13.9 Å². The number of rotatable bonds is 8. The van der Waals surface area contributed by atoms with Crippen molar-refractivity contribution in [3.8, 4) is 5.75 Å². The Morgan fingerprint density at radius 1 is 1.36 bits per heavy atom. The number of Topliss-reactive ketones (excluding diaryl/α,β-unsaturated/α-hetero) is 1. The minimum absolute atomic E-state index is 0.0789. The van der Waals surface area contributed by atoms with E-state index >= 15 is 0 Å². The van der Waals surface area contributed by atoms with Gasteiger partial charge in [0.25, 0.3) is 0 Å². The fourth-order valence-corrected chi connectivity index (χ4v) is 3.02. The third-order valence-electron chi connectivity index (χ3n) is 3.47. The number of halogens is 1. The second kappa shape index (κ2) is 8.29. The van der Waals surface area contributed by atoms with E-state index in [9.17, 15) is 9.18 Å². The lowest BCUT2D eigenvalue weighted by atomic mass is 9.92. The van der Waals surface area contributed by atoms with Gasteiger partial charge in [-0.25, -0.2) is 4.39 Å². The molecule has 0 saturated carbocycles. The minimum atomic E-state index is -0.428. The van der Waals surface area contributed by atoms with Crippen molar-refractivity contribution >= 4 is 17.5 Å². The van der Waals surface area contributed by atoms with Crippen molar-refractivity contribution in [2.75, 3.05) is 5.75 Å². The molecule has 2 rings (SSSR count). The van der Waals surface area contributed by atoms with Gasteiger partial charge < -0.3 is 4.74 Å². The molecular formula is C18H22FN3O2S. The zero-order valence-electron chi connectivity index (χ0n) is 14.7. The standard InChI is InChI=1S/C18H22FN3O2S/c1-5-10-22-16(11-24-14-9-7-6-8-13(14)19)20-21-17(22)25-12-15(23)18(2,3)4/h5-9H,1,10-12H2,2-4H3. The summed E-state index contributed by atoms with van der Waals surface area (Å²) in [6.45, 7) is 9.95. The Morgan fingerprint density at radius 3 is 2.72 bits per heavy atom. The van der Waals surface area contributed by atoms with E-state index in [0.717, 1.165) is 0 Å². The van der Waals surface area contributed by atoms with Crippen LogP contribution in [0.2, 0.25) is 0 Å². The number of benzene rings is 1. The molecule has 25 heavy (non-hydrogen) atoms. The van der Waals surface area contributed by atoms with E-state index in [0.29, 0.717) is 23.3 Å². The van der Waals surface area contributed by atoms with Gasteiger partial charge in [0.1, 0.15) is 12.4 Å². The molecule has 0 aliphatic carbocycles. The monoisotopic (exact) mass is 363 g/mol. The number of hydrogen-bond acceptors (Lipinski definition) is 5. The van der Waals surface area contributed by atoms with Crippen molar-refractivity contribution in [2.45, 2.75) is 39.1 Å². The first-order valence-electron chi connectivity index (χ1n) is 7.89. The molecule has 1 aromatic heterocycles. The van der Waals surface area contributed by atoms with Crippen LogP contribution in [-0.4, -0.2) is 26.3 Å². The highest BCUT2D eigenvalue weighted by Crippen LogP contribution is 2.24. The van der Waals surface area contributed by atoms with Crippen LogP contribution < -0.4 is 4.74 Å². The topological polar surface area (TPSA) is 57.0 Å². The number of para-hydroxylation sites is 1. The summed E-state index contributed by atoms with van der Waals surface area (Å²) in [6.07, 6.45) is 1.71. The Morgan fingerprint density at radius 2 is 2.08 bits per heavy atom. The summed E-state index contributed by atoms with van der Waals surface area (Å²) in [4.78, 5) is 12.1. The van der Waals surface area contributed by atoms with Gasteiger partial charge in [0.2, 0.25) is 0 Å². The van der Waals surface area contributed by atoms with Gasteiger partial charge in [0, 0.05) is 12.0 Å². The molecule has 7 heteroatoms. The molecule has 1 heterocycles. The lowest BCUT2D eigenvalue weighted by Gasteiger charge is -2.16. The molecule has 0 bridgehead atoms. The Hall–Kier alpha value is -2.15. The largest absolute Gasteiger partial charge is 0.483 e. The molecule has 0 amide bonds. The Bertz CT molecular complexity index is 753.